The molecule has 0 amide bonds. The van der Waals surface area contributed by atoms with Crippen LogP contribution in [0.25, 0.3) is 0 Å². The van der Waals surface area contributed by atoms with Gasteiger partial charge in [-0.3, -0.25) is 0 Å². The van der Waals surface area contributed by atoms with Crippen molar-refractivity contribution < 1.29 is 4.74 Å². The summed E-state index contributed by atoms with van der Waals surface area (Å²) in [5.41, 5.74) is 1.43. The van der Waals surface area contributed by atoms with E-state index in [0.717, 1.165) is 24.8 Å². The van der Waals surface area contributed by atoms with Crippen molar-refractivity contribution in [2.45, 2.75) is 38.2 Å². The number of rotatable bonds is 3. The molecule has 1 heterocycles. The lowest BCUT2D eigenvalue weighted by Gasteiger charge is -2.30. The molecule has 2 nitrogen and oxygen atoms in total. The summed E-state index contributed by atoms with van der Waals surface area (Å²) in [7, 11) is 0. The van der Waals surface area contributed by atoms with Gasteiger partial charge in [-0.25, -0.2) is 0 Å². The van der Waals surface area contributed by atoms with Crippen molar-refractivity contribution in [3.05, 3.63) is 29.8 Å². The largest absolute Gasteiger partial charge is 0.490 e. The van der Waals surface area contributed by atoms with Gasteiger partial charge in [-0.15, -0.1) is 0 Å². The molecule has 2 unspecified atom stereocenters. The Hall–Kier alpha value is -1.02. The van der Waals surface area contributed by atoms with Gasteiger partial charge in [-0.1, -0.05) is 19.1 Å². The Kier molecular flexibility index (Phi) is 3.06. The van der Waals surface area contributed by atoms with E-state index in [1.54, 1.807) is 0 Å². The Bertz CT molecular complexity index is 386. The SMILES string of the molecule is CC1CCNCC1c1cccc(OC2CC2)c1. The Balaban J connectivity index is 1.76. The molecule has 0 spiro atoms. The van der Waals surface area contributed by atoms with Crippen LogP contribution in [0.1, 0.15) is 37.7 Å². The second-order valence-corrected chi connectivity index (χ2v) is 5.47. The van der Waals surface area contributed by atoms with Gasteiger partial charge in [0.1, 0.15) is 5.75 Å². The second kappa shape index (κ2) is 4.69. The summed E-state index contributed by atoms with van der Waals surface area (Å²) in [6.45, 7) is 4.63. The van der Waals surface area contributed by atoms with Crippen molar-refractivity contribution >= 4 is 0 Å². The Labute approximate surface area is 103 Å². The summed E-state index contributed by atoms with van der Waals surface area (Å²) in [5.74, 6) is 2.47. The predicted molar refractivity (Wildman–Crippen MR) is 69.5 cm³/mol. The van der Waals surface area contributed by atoms with Crippen LogP contribution in [0.3, 0.4) is 0 Å². The molecule has 92 valence electrons. The number of benzene rings is 1. The van der Waals surface area contributed by atoms with Crippen LogP contribution in [0.4, 0.5) is 0 Å². The Morgan fingerprint density at radius 3 is 2.88 bits per heavy atom. The van der Waals surface area contributed by atoms with Gasteiger partial charge < -0.3 is 10.1 Å². The highest BCUT2D eigenvalue weighted by Gasteiger charge is 2.25. The van der Waals surface area contributed by atoms with Crippen LogP contribution in [-0.4, -0.2) is 19.2 Å². The number of piperidine rings is 1. The normalized spacial score (nSPS) is 29.0. The predicted octanol–water partition coefficient (Wildman–Crippen LogP) is 2.94. The van der Waals surface area contributed by atoms with E-state index in [-0.39, 0.29) is 0 Å². The minimum absolute atomic E-state index is 0.493. The molecule has 1 N–H and O–H groups in total. The maximum atomic E-state index is 5.87. The van der Waals surface area contributed by atoms with Gasteiger partial charge in [0.25, 0.3) is 0 Å². The van der Waals surface area contributed by atoms with Crippen LogP contribution >= 0.6 is 0 Å². The summed E-state index contributed by atoms with van der Waals surface area (Å²) in [6.07, 6.45) is 4.22. The topological polar surface area (TPSA) is 21.3 Å². The molecule has 1 saturated carbocycles. The average Bonchev–Trinajstić information content (AvgIpc) is 3.14. The van der Waals surface area contributed by atoms with E-state index in [9.17, 15) is 0 Å². The van der Waals surface area contributed by atoms with Crippen LogP contribution in [0.2, 0.25) is 0 Å². The van der Waals surface area contributed by atoms with Crippen molar-refractivity contribution in [1.82, 2.24) is 5.32 Å². The number of nitrogens with one attached hydrogen (secondary N) is 1. The Morgan fingerprint density at radius 2 is 2.12 bits per heavy atom. The first-order valence-electron chi connectivity index (χ1n) is 6.80. The minimum atomic E-state index is 0.493. The lowest BCUT2D eigenvalue weighted by molar-refractivity contribution is 0.301. The van der Waals surface area contributed by atoms with E-state index in [0.29, 0.717) is 12.0 Å². The van der Waals surface area contributed by atoms with Crippen molar-refractivity contribution in [2.24, 2.45) is 5.92 Å². The van der Waals surface area contributed by atoms with Crippen molar-refractivity contribution in [2.75, 3.05) is 13.1 Å². The zero-order valence-corrected chi connectivity index (χ0v) is 10.5. The summed E-state index contributed by atoms with van der Waals surface area (Å²) < 4.78 is 5.87. The standard InChI is InChI=1S/C15H21NO/c1-11-7-8-16-10-15(11)12-3-2-4-14(9-12)17-13-5-6-13/h2-4,9,11,13,15-16H,5-8,10H2,1H3. The van der Waals surface area contributed by atoms with E-state index in [2.05, 4.69) is 36.5 Å². The maximum absolute atomic E-state index is 5.87. The summed E-state index contributed by atoms with van der Waals surface area (Å²) in [5, 5.41) is 3.50. The zero-order valence-electron chi connectivity index (χ0n) is 10.5. The fourth-order valence-corrected chi connectivity index (χ4v) is 2.63. The average molecular weight is 231 g/mol. The molecule has 1 aliphatic heterocycles. The molecule has 1 aromatic carbocycles. The van der Waals surface area contributed by atoms with E-state index in [1.165, 1.54) is 24.8 Å². The minimum Gasteiger partial charge on any atom is -0.490 e. The molecule has 2 fully saturated rings. The fraction of sp³-hybridized carbons (Fsp3) is 0.600. The molecule has 0 radical (unpaired) electrons. The molecule has 0 aromatic heterocycles. The van der Waals surface area contributed by atoms with E-state index >= 15 is 0 Å². The monoisotopic (exact) mass is 231 g/mol. The molecule has 2 atom stereocenters. The lowest BCUT2D eigenvalue weighted by Crippen LogP contribution is -2.33. The summed E-state index contributed by atoms with van der Waals surface area (Å²) in [6, 6.07) is 8.71. The van der Waals surface area contributed by atoms with E-state index in [1.807, 2.05) is 0 Å². The van der Waals surface area contributed by atoms with Gasteiger partial charge in [0.15, 0.2) is 0 Å². The quantitative estimate of drug-likeness (QED) is 0.863. The van der Waals surface area contributed by atoms with Gasteiger partial charge >= 0.3 is 0 Å². The van der Waals surface area contributed by atoms with Crippen molar-refractivity contribution in [1.29, 1.82) is 0 Å². The molecule has 1 aromatic rings. The number of ether oxygens (including phenoxy) is 1. The first-order chi connectivity index (χ1) is 8.33. The van der Waals surface area contributed by atoms with Gasteiger partial charge in [0, 0.05) is 6.54 Å². The molecule has 2 aliphatic rings. The van der Waals surface area contributed by atoms with Gasteiger partial charge in [0.2, 0.25) is 0 Å². The van der Waals surface area contributed by atoms with Crippen LogP contribution in [0.5, 0.6) is 5.75 Å². The van der Waals surface area contributed by atoms with E-state index < -0.39 is 0 Å². The highest BCUT2D eigenvalue weighted by Crippen LogP contribution is 2.32. The van der Waals surface area contributed by atoms with Crippen LogP contribution in [0, 0.1) is 5.92 Å². The molecule has 1 aliphatic carbocycles. The first-order valence-corrected chi connectivity index (χ1v) is 6.80. The molecule has 17 heavy (non-hydrogen) atoms. The molecular formula is C15H21NO. The summed E-state index contributed by atoms with van der Waals surface area (Å²) in [4.78, 5) is 0. The van der Waals surface area contributed by atoms with E-state index in [4.69, 9.17) is 4.74 Å². The van der Waals surface area contributed by atoms with Crippen LogP contribution < -0.4 is 10.1 Å². The van der Waals surface area contributed by atoms with Gasteiger partial charge in [-0.2, -0.15) is 0 Å². The molecule has 0 bridgehead atoms. The molecular weight excluding hydrogens is 210 g/mol. The molecule has 3 rings (SSSR count). The van der Waals surface area contributed by atoms with Gasteiger partial charge in [-0.05, 0) is 55.3 Å². The van der Waals surface area contributed by atoms with Crippen LogP contribution in [-0.2, 0) is 0 Å². The van der Waals surface area contributed by atoms with Crippen LogP contribution in [0.15, 0.2) is 24.3 Å². The third-order valence-electron chi connectivity index (χ3n) is 3.94. The number of hydrogen-bond donors (Lipinski definition) is 1. The van der Waals surface area contributed by atoms with Crippen molar-refractivity contribution in [3.63, 3.8) is 0 Å². The maximum Gasteiger partial charge on any atom is 0.120 e. The Morgan fingerprint density at radius 1 is 1.24 bits per heavy atom. The summed E-state index contributed by atoms with van der Waals surface area (Å²) >= 11 is 0. The smallest absolute Gasteiger partial charge is 0.120 e. The third-order valence-corrected chi connectivity index (χ3v) is 3.94. The highest BCUT2D eigenvalue weighted by molar-refractivity contribution is 5.32. The number of hydrogen-bond acceptors (Lipinski definition) is 2. The second-order valence-electron chi connectivity index (χ2n) is 5.47. The molecule has 1 saturated heterocycles. The molecule has 2 heteroatoms. The first kappa shape index (κ1) is 11.1. The van der Waals surface area contributed by atoms with Gasteiger partial charge in [0.05, 0.1) is 6.10 Å². The van der Waals surface area contributed by atoms with Crippen molar-refractivity contribution in [3.8, 4) is 5.75 Å². The lowest BCUT2D eigenvalue weighted by atomic mass is 9.83. The zero-order chi connectivity index (χ0) is 11.7. The third kappa shape index (κ3) is 2.63. The fourth-order valence-electron chi connectivity index (χ4n) is 2.63. The highest BCUT2D eigenvalue weighted by atomic mass is 16.5.